The first-order valence-electron chi connectivity index (χ1n) is 10.2. The van der Waals surface area contributed by atoms with Gasteiger partial charge in [-0.15, -0.1) is 0 Å². The zero-order chi connectivity index (χ0) is 19.6. The van der Waals surface area contributed by atoms with Crippen LogP contribution in [0.25, 0.3) is 0 Å². The van der Waals surface area contributed by atoms with Crippen LogP contribution >= 0.6 is 0 Å². The molecule has 0 saturated carbocycles. The summed E-state index contributed by atoms with van der Waals surface area (Å²) >= 11 is 0. The largest absolute Gasteiger partial charge is 0.343 e. The lowest BCUT2D eigenvalue weighted by atomic mass is 9.86. The number of carbonyl (C=O) groups is 2. The molecule has 0 aromatic heterocycles. The molecule has 2 heterocycles. The summed E-state index contributed by atoms with van der Waals surface area (Å²) in [6.07, 6.45) is 2.83. The molecule has 2 amide bonds. The van der Waals surface area contributed by atoms with Gasteiger partial charge in [0, 0.05) is 44.7 Å². The van der Waals surface area contributed by atoms with Gasteiger partial charge in [0.05, 0.1) is 6.42 Å². The van der Waals surface area contributed by atoms with Gasteiger partial charge in [0.15, 0.2) is 0 Å². The van der Waals surface area contributed by atoms with Crippen LogP contribution in [0.1, 0.15) is 42.9 Å². The number of hydrogen-bond donors (Lipinski definition) is 0. The molecule has 2 fully saturated rings. The maximum Gasteiger partial charge on any atom is 0.227 e. The van der Waals surface area contributed by atoms with Crippen molar-refractivity contribution in [2.75, 3.05) is 39.8 Å². The quantitative estimate of drug-likeness (QED) is 0.819. The molecule has 1 aromatic rings. The number of nitrogens with zero attached hydrogens (tertiary/aromatic N) is 3. The summed E-state index contributed by atoms with van der Waals surface area (Å²) in [5.74, 6) is 0.459. The first-order chi connectivity index (χ1) is 12.8. The molecule has 0 aliphatic carbocycles. The van der Waals surface area contributed by atoms with Gasteiger partial charge in [-0.3, -0.25) is 14.5 Å². The van der Waals surface area contributed by atoms with Gasteiger partial charge in [0.25, 0.3) is 0 Å². The first-order valence-corrected chi connectivity index (χ1v) is 10.2. The molecule has 0 N–H and O–H groups in total. The highest BCUT2D eigenvalue weighted by molar-refractivity contribution is 5.80. The fourth-order valence-corrected chi connectivity index (χ4v) is 4.51. The van der Waals surface area contributed by atoms with E-state index in [4.69, 9.17) is 0 Å². The minimum atomic E-state index is -0.0743. The van der Waals surface area contributed by atoms with E-state index in [2.05, 4.69) is 44.0 Å². The number of aryl methyl sites for hydroxylation is 2. The van der Waals surface area contributed by atoms with E-state index in [0.717, 1.165) is 51.1 Å². The third kappa shape index (κ3) is 4.18. The van der Waals surface area contributed by atoms with E-state index < -0.39 is 0 Å². The number of piperazine rings is 1. The van der Waals surface area contributed by atoms with Crippen LogP contribution in [-0.4, -0.2) is 71.8 Å². The first kappa shape index (κ1) is 19.9. The molecule has 1 aromatic carbocycles. The van der Waals surface area contributed by atoms with Crippen molar-refractivity contribution in [2.45, 2.75) is 52.0 Å². The Morgan fingerprint density at radius 3 is 2.67 bits per heavy atom. The van der Waals surface area contributed by atoms with Gasteiger partial charge in [-0.05, 0) is 51.8 Å². The van der Waals surface area contributed by atoms with Crippen molar-refractivity contribution in [1.29, 1.82) is 0 Å². The molecular formula is C22H33N3O2. The van der Waals surface area contributed by atoms with Gasteiger partial charge in [-0.2, -0.15) is 0 Å². The van der Waals surface area contributed by atoms with E-state index >= 15 is 0 Å². The molecule has 0 unspecified atom stereocenters. The highest BCUT2D eigenvalue weighted by Gasteiger charge is 2.43. The molecule has 2 saturated heterocycles. The van der Waals surface area contributed by atoms with Gasteiger partial charge in [-0.1, -0.05) is 23.8 Å². The summed E-state index contributed by atoms with van der Waals surface area (Å²) in [5.41, 5.74) is 3.42. The lowest BCUT2D eigenvalue weighted by Gasteiger charge is -2.49. The minimum Gasteiger partial charge on any atom is -0.343 e. The molecule has 2 aliphatic rings. The number of likely N-dealkylation sites (N-methyl/N-ethyl adjacent to an activating group) is 1. The van der Waals surface area contributed by atoms with Crippen LogP contribution < -0.4 is 0 Å². The van der Waals surface area contributed by atoms with Gasteiger partial charge in [-0.25, -0.2) is 0 Å². The SMILES string of the molecule is CCN1CC[C@]2(CCC1=O)CN(C(=O)Cc1cc(C)ccc1C)CCN2C. The molecule has 148 valence electrons. The monoisotopic (exact) mass is 371 g/mol. The second kappa shape index (κ2) is 8.01. The number of rotatable bonds is 3. The Morgan fingerprint density at radius 2 is 1.93 bits per heavy atom. The molecule has 0 radical (unpaired) electrons. The maximum atomic E-state index is 13.1. The van der Waals surface area contributed by atoms with Crippen LogP contribution in [0.3, 0.4) is 0 Å². The van der Waals surface area contributed by atoms with Gasteiger partial charge in [0.2, 0.25) is 11.8 Å². The highest BCUT2D eigenvalue weighted by Crippen LogP contribution is 2.32. The normalized spacial score (nSPS) is 24.4. The molecule has 5 heteroatoms. The molecule has 2 aliphatic heterocycles. The summed E-state index contributed by atoms with van der Waals surface area (Å²) in [5, 5.41) is 0. The molecule has 1 spiro atoms. The Kier molecular flexibility index (Phi) is 5.89. The van der Waals surface area contributed by atoms with Crippen molar-refractivity contribution in [3.05, 3.63) is 34.9 Å². The van der Waals surface area contributed by atoms with Crippen LogP contribution in [0, 0.1) is 13.8 Å². The van der Waals surface area contributed by atoms with Crippen molar-refractivity contribution in [1.82, 2.24) is 14.7 Å². The third-order valence-electron chi connectivity index (χ3n) is 6.59. The van der Waals surface area contributed by atoms with E-state index in [1.54, 1.807) is 0 Å². The zero-order valence-electron chi connectivity index (χ0n) is 17.3. The van der Waals surface area contributed by atoms with E-state index in [-0.39, 0.29) is 17.4 Å². The van der Waals surface area contributed by atoms with Crippen LogP contribution in [0.4, 0.5) is 0 Å². The Balaban J connectivity index is 1.73. The number of amides is 2. The van der Waals surface area contributed by atoms with E-state index in [0.29, 0.717) is 12.8 Å². The molecule has 3 rings (SSSR count). The Bertz CT molecular complexity index is 718. The number of likely N-dealkylation sites (tertiary alicyclic amines) is 1. The molecule has 1 atom stereocenters. The Labute approximate surface area is 163 Å². The van der Waals surface area contributed by atoms with E-state index in [1.807, 2.05) is 16.7 Å². The fraction of sp³-hybridized carbons (Fsp3) is 0.636. The lowest BCUT2D eigenvalue weighted by molar-refractivity contribution is -0.136. The van der Waals surface area contributed by atoms with Crippen molar-refractivity contribution in [3.63, 3.8) is 0 Å². The standard InChI is InChI=1S/C22H33N3O2/c1-5-24-11-10-22(9-8-20(24)26)16-25(13-12-23(22)4)21(27)15-19-14-17(2)6-7-18(19)3/h6-7,14H,5,8-13,15-16H2,1-4H3/t22-/m1/s1. The summed E-state index contributed by atoms with van der Waals surface area (Å²) in [6, 6.07) is 6.32. The van der Waals surface area contributed by atoms with Crippen molar-refractivity contribution in [3.8, 4) is 0 Å². The topological polar surface area (TPSA) is 43.9 Å². The Hall–Kier alpha value is -1.88. The molecule has 27 heavy (non-hydrogen) atoms. The summed E-state index contributed by atoms with van der Waals surface area (Å²) in [7, 11) is 2.15. The van der Waals surface area contributed by atoms with Crippen molar-refractivity contribution in [2.24, 2.45) is 0 Å². The summed E-state index contributed by atoms with van der Waals surface area (Å²) < 4.78 is 0. The van der Waals surface area contributed by atoms with Crippen LogP contribution in [0.5, 0.6) is 0 Å². The Morgan fingerprint density at radius 1 is 1.15 bits per heavy atom. The average molecular weight is 372 g/mol. The third-order valence-corrected chi connectivity index (χ3v) is 6.59. The van der Waals surface area contributed by atoms with Gasteiger partial charge < -0.3 is 9.80 Å². The zero-order valence-corrected chi connectivity index (χ0v) is 17.3. The van der Waals surface area contributed by atoms with Gasteiger partial charge >= 0.3 is 0 Å². The molecule has 0 bridgehead atoms. The minimum absolute atomic E-state index is 0.0743. The molecule has 5 nitrogen and oxygen atoms in total. The second-order valence-electron chi connectivity index (χ2n) is 8.29. The average Bonchev–Trinajstić information content (AvgIpc) is 2.80. The fourth-order valence-electron chi connectivity index (χ4n) is 4.51. The van der Waals surface area contributed by atoms with Crippen LogP contribution in [0.15, 0.2) is 18.2 Å². The predicted molar refractivity (Wildman–Crippen MR) is 108 cm³/mol. The van der Waals surface area contributed by atoms with Crippen molar-refractivity contribution >= 4 is 11.8 Å². The van der Waals surface area contributed by atoms with Gasteiger partial charge in [0.1, 0.15) is 0 Å². The predicted octanol–water partition coefficient (Wildman–Crippen LogP) is 2.39. The molecular weight excluding hydrogens is 338 g/mol. The van der Waals surface area contributed by atoms with Crippen LogP contribution in [-0.2, 0) is 16.0 Å². The van der Waals surface area contributed by atoms with E-state index in [1.165, 1.54) is 11.1 Å². The summed E-state index contributed by atoms with van der Waals surface area (Å²) in [6.45, 7) is 10.1. The smallest absolute Gasteiger partial charge is 0.227 e. The maximum absolute atomic E-state index is 13.1. The highest BCUT2D eigenvalue weighted by atomic mass is 16.2. The van der Waals surface area contributed by atoms with E-state index in [9.17, 15) is 9.59 Å². The second-order valence-corrected chi connectivity index (χ2v) is 8.29. The lowest BCUT2D eigenvalue weighted by Crippen LogP contribution is -2.62. The van der Waals surface area contributed by atoms with Crippen LogP contribution in [0.2, 0.25) is 0 Å². The number of benzene rings is 1. The number of hydrogen-bond acceptors (Lipinski definition) is 3. The summed E-state index contributed by atoms with van der Waals surface area (Å²) in [4.78, 5) is 31.8. The van der Waals surface area contributed by atoms with Crippen molar-refractivity contribution < 1.29 is 9.59 Å². The number of carbonyl (C=O) groups excluding carboxylic acids is 2.